The first kappa shape index (κ1) is 15.7. The SMILES string of the molecule is Cc1cc([N+](=O)[O-])cnc1N1CCN(c2cc(C#N)ccn2)CC1. The highest BCUT2D eigenvalue weighted by Gasteiger charge is 2.21. The van der Waals surface area contributed by atoms with Gasteiger partial charge in [0, 0.05) is 38.4 Å². The van der Waals surface area contributed by atoms with Crippen molar-refractivity contribution < 1.29 is 4.92 Å². The Morgan fingerprint density at radius 1 is 1.21 bits per heavy atom. The summed E-state index contributed by atoms with van der Waals surface area (Å²) in [4.78, 5) is 23.2. The Kier molecular flexibility index (Phi) is 4.24. The molecule has 3 heterocycles. The normalized spacial score (nSPS) is 14.3. The van der Waals surface area contributed by atoms with Crippen LogP contribution in [0.1, 0.15) is 11.1 Å². The number of anilines is 2. The number of pyridine rings is 2. The van der Waals surface area contributed by atoms with Gasteiger partial charge in [-0.15, -0.1) is 0 Å². The molecule has 8 heteroatoms. The standard InChI is InChI=1S/C16H16N6O2/c1-12-8-14(22(23)24)11-19-16(12)21-6-4-20(5-7-21)15-9-13(10-17)2-3-18-15/h2-3,8-9,11H,4-7H2,1H3. The van der Waals surface area contributed by atoms with Crippen molar-refractivity contribution in [2.45, 2.75) is 6.92 Å². The fourth-order valence-electron chi connectivity index (χ4n) is 2.79. The van der Waals surface area contributed by atoms with Crippen LogP contribution in [0.3, 0.4) is 0 Å². The second kappa shape index (κ2) is 6.50. The highest BCUT2D eigenvalue weighted by atomic mass is 16.6. The fraction of sp³-hybridized carbons (Fsp3) is 0.312. The van der Waals surface area contributed by atoms with Crippen molar-refractivity contribution in [2.75, 3.05) is 36.0 Å². The monoisotopic (exact) mass is 324 g/mol. The highest BCUT2D eigenvalue weighted by Crippen LogP contribution is 2.23. The van der Waals surface area contributed by atoms with Crippen LogP contribution in [0.25, 0.3) is 0 Å². The first-order valence-electron chi connectivity index (χ1n) is 7.55. The maximum Gasteiger partial charge on any atom is 0.287 e. The molecule has 0 radical (unpaired) electrons. The molecule has 0 bridgehead atoms. The van der Waals surface area contributed by atoms with E-state index in [1.807, 2.05) is 6.92 Å². The molecule has 122 valence electrons. The average molecular weight is 324 g/mol. The van der Waals surface area contributed by atoms with Crippen molar-refractivity contribution in [3.8, 4) is 6.07 Å². The van der Waals surface area contributed by atoms with Gasteiger partial charge in [0.25, 0.3) is 5.69 Å². The summed E-state index contributed by atoms with van der Waals surface area (Å²) in [5.74, 6) is 1.57. The van der Waals surface area contributed by atoms with Crippen molar-refractivity contribution >= 4 is 17.3 Å². The molecule has 0 saturated carbocycles. The number of nitrogens with zero attached hydrogens (tertiary/aromatic N) is 6. The third-order valence-electron chi connectivity index (χ3n) is 4.02. The Hall–Kier alpha value is -3.21. The topological polar surface area (TPSA) is 99.2 Å². The molecule has 0 N–H and O–H groups in total. The second-order valence-electron chi connectivity index (χ2n) is 5.58. The molecule has 0 amide bonds. The maximum atomic E-state index is 10.8. The molecule has 0 spiro atoms. The van der Waals surface area contributed by atoms with E-state index in [4.69, 9.17) is 5.26 Å². The van der Waals surface area contributed by atoms with Crippen LogP contribution in [0.15, 0.2) is 30.6 Å². The van der Waals surface area contributed by atoms with Gasteiger partial charge in [0.2, 0.25) is 0 Å². The number of rotatable bonds is 3. The van der Waals surface area contributed by atoms with Gasteiger partial charge in [0.15, 0.2) is 0 Å². The lowest BCUT2D eigenvalue weighted by Gasteiger charge is -2.36. The molecule has 0 aromatic carbocycles. The summed E-state index contributed by atoms with van der Waals surface area (Å²) in [7, 11) is 0. The molecule has 24 heavy (non-hydrogen) atoms. The predicted octanol–water partition coefficient (Wildman–Crippen LogP) is 1.89. The molecular formula is C16H16N6O2. The molecule has 1 saturated heterocycles. The van der Waals surface area contributed by atoms with Crippen LogP contribution in [0, 0.1) is 28.4 Å². The van der Waals surface area contributed by atoms with Crippen LogP contribution >= 0.6 is 0 Å². The molecule has 3 rings (SSSR count). The predicted molar refractivity (Wildman–Crippen MR) is 89.0 cm³/mol. The van der Waals surface area contributed by atoms with Gasteiger partial charge in [-0.05, 0) is 24.6 Å². The summed E-state index contributed by atoms with van der Waals surface area (Å²) in [6.45, 7) is 4.81. The van der Waals surface area contributed by atoms with Crippen LogP contribution in [0.5, 0.6) is 0 Å². The molecule has 0 atom stereocenters. The van der Waals surface area contributed by atoms with Crippen LogP contribution < -0.4 is 9.80 Å². The van der Waals surface area contributed by atoms with Crippen molar-refractivity contribution in [3.63, 3.8) is 0 Å². The number of hydrogen-bond acceptors (Lipinski definition) is 7. The molecule has 1 fully saturated rings. The van der Waals surface area contributed by atoms with Crippen LogP contribution in [-0.4, -0.2) is 41.1 Å². The van der Waals surface area contributed by atoms with Crippen molar-refractivity contribution in [1.29, 1.82) is 5.26 Å². The fourth-order valence-corrected chi connectivity index (χ4v) is 2.79. The van der Waals surface area contributed by atoms with Crippen LogP contribution in [0.2, 0.25) is 0 Å². The number of nitriles is 1. The Labute approximate surface area is 139 Å². The van der Waals surface area contributed by atoms with Crippen LogP contribution in [0.4, 0.5) is 17.3 Å². The van der Waals surface area contributed by atoms with E-state index in [-0.39, 0.29) is 5.69 Å². The minimum absolute atomic E-state index is 0.00686. The Balaban J connectivity index is 1.71. The third kappa shape index (κ3) is 3.10. The second-order valence-corrected chi connectivity index (χ2v) is 5.58. The van der Waals surface area contributed by atoms with Crippen LogP contribution in [-0.2, 0) is 0 Å². The van der Waals surface area contributed by atoms with Gasteiger partial charge < -0.3 is 9.80 Å². The summed E-state index contributed by atoms with van der Waals surface area (Å²) >= 11 is 0. The summed E-state index contributed by atoms with van der Waals surface area (Å²) < 4.78 is 0. The lowest BCUT2D eigenvalue weighted by molar-refractivity contribution is -0.385. The molecule has 1 aliphatic rings. The van der Waals surface area contributed by atoms with Gasteiger partial charge in [0.05, 0.1) is 16.6 Å². The molecule has 0 aliphatic carbocycles. The van der Waals surface area contributed by atoms with E-state index < -0.39 is 4.92 Å². The number of hydrogen-bond donors (Lipinski definition) is 0. The minimum Gasteiger partial charge on any atom is -0.353 e. The van der Waals surface area contributed by atoms with Crippen molar-refractivity contribution in [2.24, 2.45) is 0 Å². The number of nitro groups is 1. The van der Waals surface area contributed by atoms with E-state index in [2.05, 4.69) is 25.8 Å². The minimum atomic E-state index is -0.435. The Morgan fingerprint density at radius 3 is 2.54 bits per heavy atom. The summed E-state index contributed by atoms with van der Waals surface area (Å²) in [5.41, 5.74) is 1.39. The van der Waals surface area contributed by atoms with E-state index in [1.165, 1.54) is 6.20 Å². The first-order chi connectivity index (χ1) is 11.6. The lowest BCUT2D eigenvalue weighted by Crippen LogP contribution is -2.47. The zero-order chi connectivity index (χ0) is 17.1. The van der Waals surface area contributed by atoms with E-state index in [9.17, 15) is 10.1 Å². The molecule has 8 nitrogen and oxygen atoms in total. The largest absolute Gasteiger partial charge is 0.353 e. The molecule has 1 aliphatic heterocycles. The van der Waals surface area contributed by atoms with Gasteiger partial charge in [0.1, 0.15) is 17.8 Å². The summed E-state index contributed by atoms with van der Waals surface area (Å²) in [5, 5.41) is 19.8. The summed E-state index contributed by atoms with van der Waals surface area (Å²) in [6.07, 6.45) is 2.94. The first-order valence-corrected chi connectivity index (χ1v) is 7.55. The van der Waals surface area contributed by atoms with Gasteiger partial charge >= 0.3 is 0 Å². The van der Waals surface area contributed by atoms with Gasteiger partial charge in [-0.1, -0.05) is 0 Å². The molecule has 0 unspecified atom stereocenters. The molecule has 2 aromatic heterocycles. The van der Waals surface area contributed by atoms with E-state index >= 15 is 0 Å². The Bertz CT molecular complexity index is 808. The highest BCUT2D eigenvalue weighted by molar-refractivity contribution is 5.53. The van der Waals surface area contributed by atoms with Gasteiger partial charge in [-0.25, -0.2) is 9.97 Å². The van der Waals surface area contributed by atoms with Crippen molar-refractivity contribution in [3.05, 3.63) is 51.8 Å². The number of aryl methyl sites for hydroxylation is 1. The quantitative estimate of drug-likeness (QED) is 0.628. The maximum absolute atomic E-state index is 10.8. The number of piperazine rings is 1. The third-order valence-corrected chi connectivity index (χ3v) is 4.02. The number of aromatic nitrogens is 2. The Morgan fingerprint density at radius 2 is 1.92 bits per heavy atom. The van der Waals surface area contributed by atoms with E-state index in [0.29, 0.717) is 5.56 Å². The van der Waals surface area contributed by atoms with Crippen molar-refractivity contribution in [1.82, 2.24) is 9.97 Å². The smallest absolute Gasteiger partial charge is 0.287 e. The molecule has 2 aromatic rings. The van der Waals surface area contributed by atoms with E-state index in [1.54, 1.807) is 24.4 Å². The van der Waals surface area contributed by atoms with Gasteiger partial charge in [-0.2, -0.15) is 5.26 Å². The zero-order valence-corrected chi connectivity index (χ0v) is 13.2. The summed E-state index contributed by atoms with van der Waals surface area (Å²) in [6, 6.07) is 7.14. The van der Waals surface area contributed by atoms with Gasteiger partial charge in [-0.3, -0.25) is 10.1 Å². The molecular weight excluding hydrogens is 308 g/mol. The lowest BCUT2D eigenvalue weighted by atomic mass is 10.2. The zero-order valence-electron chi connectivity index (χ0n) is 13.2. The average Bonchev–Trinajstić information content (AvgIpc) is 2.62. The van der Waals surface area contributed by atoms with E-state index in [0.717, 1.165) is 43.4 Å².